The zero-order valence-electron chi connectivity index (χ0n) is 13.2. The molecular weight excluding hydrogens is 248 g/mol. The SMILES string of the molecule is CCCCCCCC/C=C\CCCCCC(=O)CC=O. The lowest BCUT2D eigenvalue weighted by atomic mass is 10.1. The van der Waals surface area contributed by atoms with E-state index in [0.29, 0.717) is 12.7 Å². The molecule has 0 amide bonds. The molecule has 0 heterocycles. The standard InChI is InChI=1S/C18H32O2/c1-2-3-4-5-6-7-8-9-10-11-12-13-14-15-18(20)16-17-19/h9-10,17H,2-8,11-16H2,1H3/b10-9-. The highest BCUT2D eigenvalue weighted by molar-refractivity contribution is 5.89. The average Bonchev–Trinajstić information content (AvgIpc) is 2.44. The highest BCUT2D eigenvalue weighted by atomic mass is 16.1. The van der Waals surface area contributed by atoms with E-state index < -0.39 is 0 Å². The van der Waals surface area contributed by atoms with Gasteiger partial charge in [-0.15, -0.1) is 0 Å². The summed E-state index contributed by atoms with van der Waals surface area (Å²) < 4.78 is 0. The predicted molar refractivity (Wildman–Crippen MR) is 85.9 cm³/mol. The number of carbonyl (C=O) groups excluding carboxylic acids is 2. The Morgan fingerprint density at radius 1 is 0.800 bits per heavy atom. The molecule has 0 aromatic heterocycles. The van der Waals surface area contributed by atoms with E-state index in [1.54, 1.807) is 0 Å². The lowest BCUT2D eigenvalue weighted by molar-refractivity contribution is -0.122. The molecule has 20 heavy (non-hydrogen) atoms. The summed E-state index contributed by atoms with van der Waals surface area (Å²) in [6.45, 7) is 2.25. The van der Waals surface area contributed by atoms with Gasteiger partial charge < -0.3 is 4.79 Å². The minimum absolute atomic E-state index is 0.0821. The molecule has 0 aliphatic carbocycles. The predicted octanol–water partition coefficient (Wildman–Crippen LogP) is 5.40. The molecule has 0 spiro atoms. The van der Waals surface area contributed by atoms with Crippen molar-refractivity contribution in [3.63, 3.8) is 0 Å². The van der Waals surface area contributed by atoms with Crippen LogP contribution in [0.2, 0.25) is 0 Å². The number of ketones is 1. The van der Waals surface area contributed by atoms with Crippen LogP contribution in [-0.4, -0.2) is 12.1 Å². The van der Waals surface area contributed by atoms with Crippen LogP contribution < -0.4 is 0 Å². The number of Topliss-reactive ketones (excluding diaryl/α,β-unsaturated/α-hetero) is 1. The Hall–Kier alpha value is -0.920. The smallest absolute Gasteiger partial charge is 0.139 e. The second kappa shape index (κ2) is 16.1. The van der Waals surface area contributed by atoms with E-state index in [4.69, 9.17) is 0 Å². The number of hydrogen-bond donors (Lipinski definition) is 0. The highest BCUT2D eigenvalue weighted by Crippen LogP contribution is 2.08. The van der Waals surface area contributed by atoms with Crippen LogP contribution in [0.1, 0.15) is 90.4 Å². The van der Waals surface area contributed by atoms with Gasteiger partial charge in [0.2, 0.25) is 0 Å². The Morgan fingerprint density at radius 2 is 1.35 bits per heavy atom. The van der Waals surface area contributed by atoms with E-state index in [0.717, 1.165) is 25.7 Å². The Kier molecular flexibility index (Phi) is 15.4. The van der Waals surface area contributed by atoms with Gasteiger partial charge in [0.25, 0.3) is 0 Å². The van der Waals surface area contributed by atoms with E-state index in [-0.39, 0.29) is 12.2 Å². The van der Waals surface area contributed by atoms with Gasteiger partial charge in [0.1, 0.15) is 12.1 Å². The Labute approximate surface area is 125 Å². The van der Waals surface area contributed by atoms with Crippen LogP contribution in [0.3, 0.4) is 0 Å². The first-order valence-electron chi connectivity index (χ1n) is 8.41. The topological polar surface area (TPSA) is 34.1 Å². The third-order valence-electron chi connectivity index (χ3n) is 3.53. The molecule has 0 aromatic rings. The normalized spacial score (nSPS) is 11.1. The molecule has 2 heteroatoms. The molecule has 2 nitrogen and oxygen atoms in total. The van der Waals surface area contributed by atoms with E-state index >= 15 is 0 Å². The number of unbranched alkanes of at least 4 members (excludes halogenated alkanes) is 9. The third kappa shape index (κ3) is 15.1. The molecule has 0 aliphatic heterocycles. The first kappa shape index (κ1) is 19.1. The van der Waals surface area contributed by atoms with Crippen molar-refractivity contribution in [2.75, 3.05) is 0 Å². The first-order chi connectivity index (χ1) is 9.81. The maximum Gasteiger partial charge on any atom is 0.139 e. The molecule has 0 fully saturated rings. The fourth-order valence-corrected chi connectivity index (χ4v) is 2.23. The minimum atomic E-state index is 0.0821. The molecular formula is C18H32O2. The van der Waals surface area contributed by atoms with E-state index in [1.807, 2.05) is 0 Å². The summed E-state index contributed by atoms with van der Waals surface area (Å²) in [5, 5.41) is 0. The Balaban J connectivity index is 3.16. The summed E-state index contributed by atoms with van der Waals surface area (Å²) in [7, 11) is 0. The summed E-state index contributed by atoms with van der Waals surface area (Å²) in [5.41, 5.74) is 0. The van der Waals surface area contributed by atoms with Crippen molar-refractivity contribution in [2.45, 2.75) is 90.4 Å². The molecule has 0 radical (unpaired) electrons. The number of rotatable bonds is 15. The Bertz CT molecular complexity index is 256. The van der Waals surface area contributed by atoms with Crippen LogP contribution in [0.4, 0.5) is 0 Å². The van der Waals surface area contributed by atoms with Gasteiger partial charge in [-0.2, -0.15) is 0 Å². The molecule has 0 atom stereocenters. The Morgan fingerprint density at radius 3 is 1.95 bits per heavy atom. The van der Waals surface area contributed by atoms with Crippen LogP contribution in [0.25, 0.3) is 0 Å². The van der Waals surface area contributed by atoms with Crippen molar-refractivity contribution < 1.29 is 9.59 Å². The van der Waals surface area contributed by atoms with Gasteiger partial charge in [0.15, 0.2) is 0 Å². The van der Waals surface area contributed by atoms with E-state index in [9.17, 15) is 9.59 Å². The molecule has 0 saturated carbocycles. The third-order valence-corrected chi connectivity index (χ3v) is 3.53. The van der Waals surface area contributed by atoms with Gasteiger partial charge in [0, 0.05) is 6.42 Å². The number of aldehydes is 1. The zero-order chi connectivity index (χ0) is 14.9. The van der Waals surface area contributed by atoms with Crippen molar-refractivity contribution in [1.82, 2.24) is 0 Å². The molecule has 116 valence electrons. The van der Waals surface area contributed by atoms with Gasteiger partial charge in [0.05, 0.1) is 6.42 Å². The van der Waals surface area contributed by atoms with Gasteiger partial charge in [-0.25, -0.2) is 0 Å². The fourth-order valence-electron chi connectivity index (χ4n) is 2.23. The molecule has 0 saturated heterocycles. The molecule has 0 N–H and O–H groups in total. The largest absolute Gasteiger partial charge is 0.303 e. The van der Waals surface area contributed by atoms with Crippen LogP contribution in [-0.2, 0) is 9.59 Å². The van der Waals surface area contributed by atoms with E-state index in [1.165, 1.54) is 44.9 Å². The summed E-state index contributed by atoms with van der Waals surface area (Å²) in [6.07, 6.45) is 19.6. The molecule has 0 rings (SSSR count). The van der Waals surface area contributed by atoms with Crippen molar-refractivity contribution in [3.8, 4) is 0 Å². The van der Waals surface area contributed by atoms with Gasteiger partial charge in [-0.3, -0.25) is 4.79 Å². The van der Waals surface area contributed by atoms with Gasteiger partial charge >= 0.3 is 0 Å². The second-order valence-electron chi connectivity index (χ2n) is 5.54. The maximum atomic E-state index is 11.1. The van der Waals surface area contributed by atoms with Crippen LogP contribution in [0, 0.1) is 0 Å². The molecule has 0 aliphatic rings. The number of allylic oxidation sites excluding steroid dienone is 2. The zero-order valence-corrected chi connectivity index (χ0v) is 13.2. The van der Waals surface area contributed by atoms with Crippen molar-refractivity contribution >= 4 is 12.1 Å². The quantitative estimate of drug-likeness (QED) is 0.174. The summed E-state index contributed by atoms with van der Waals surface area (Å²) in [6, 6.07) is 0. The molecule has 0 aromatic carbocycles. The maximum absolute atomic E-state index is 11.1. The summed E-state index contributed by atoms with van der Waals surface area (Å²) >= 11 is 0. The summed E-state index contributed by atoms with van der Waals surface area (Å²) in [5.74, 6) is 0.0821. The van der Waals surface area contributed by atoms with Crippen LogP contribution in [0.15, 0.2) is 12.2 Å². The summed E-state index contributed by atoms with van der Waals surface area (Å²) in [4.78, 5) is 21.2. The van der Waals surface area contributed by atoms with E-state index in [2.05, 4.69) is 19.1 Å². The lowest BCUT2D eigenvalue weighted by Gasteiger charge is -1.98. The molecule has 0 unspecified atom stereocenters. The van der Waals surface area contributed by atoms with Crippen molar-refractivity contribution in [3.05, 3.63) is 12.2 Å². The van der Waals surface area contributed by atoms with Crippen LogP contribution >= 0.6 is 0 Å². The van der Waals surface area contributed by atoms with Gasteiger partial charge in [-0.1, -0.05) is 57.6 Å². The number of hydrogen-bond acceptors (Lipinski definition) is 2. The minimum Gasteiger partial charge on any atom is -0.303 e. The number of carbonyl (C=O) groups is 2. The highest BCUT2D eigenvalue weighted by Gasteiger charge is 1.99. The van der Waals surface area contributed by atoms with Crippen molar-refractivity contribution in [1.29, 1.82) is 0 Å². The fraction of sp³-hybridized carbons (Fsp3) is 0.778. The monoisotopic (exact) mass is 280 g/mol. The second-order valence-corrected chi connectivity index (χ2v) is 5.54. The van der Waals surface area contributed by atoms with Crippen LogP contribution in [0.5, 0.6) is 0 Å². The van der Waals surface area contributed by atoms with Gasteiger partial charge in [-0.05, 0) is 32.1 Å². The first-order valence-corrected chi connectivity index (χ1v) is 8.41. The lowest BCUT2D eigenvalue weighted by Crippen LogP contribution is -1.97. The van der Waals surface area contributed by atoms with Crippen molar-refractivity contribution in [2.24, 2.45) is 0 Å². The molecule has 0 bridgehead atoms. The average molecular weight is 280 g/mol.